The molecule has 0 aromatic heterocycles. The van der Waals surface area contributed by atoms with Crippen molar-refractivity contribution in [3.8, 4) is 5.75 Å². The van der Waals surface area contributed by atoms with E-state index in [1.807, 2.05) is 0 Å². The molecule has 0 amide bonds. The lowest BCUT2D eigenvalue weighted by atomic mass is 10.1. The van der Waals surface area contributed by atoms with Crippen LogP contribution < -0.4 is 5.06 Å². The largest absolute Gasteiger partial charge is 0.506 e. The lowest BCUT2D eigenvalue weighted by Gasteiger charge is -2.23. The van der Waals surface area contributed by atoms with E-state index < -0.39 is 10.4 Å². The second kappa shape index (κ2) is 3.78. The minimum atomic E-state index is -4.62. The number of nitrogens with zero attached hydrogens (tertiary/aromatic N) is 1. The number of anilines is 1. The van der Waals surface area contributed by atoms with Crippen LogP contribution in [0.25, 0.3) is 0 Å². The summed E-state index contributed by atoms with van der Waals surface area (Å²) < 4.78 is 34.1. The Kier molecular flexibility index (Phi) is 2.58. The summed E-state index contributed by atoms with van der Waals surface area (Å²) in [6.45, 7) is 0. The fourth-order valence-corrected chi connectivity index (χ4v) is 1.84. The summed E-state index contributed by atoms with van der Waals surface area (Å²) in [7, 11) is -4.62. The van der Waals surface area contributed by atoms with Gasteiger partial charge in [-0.3, -0.25) is 4.55 Å². The summed E-state index contributed by atoms with van der Waals surface area (Å²) in [5.41, 5.74) is 0.911. The zero-order valence-corrected chi connectivity index (χ0v) is 8.88. The van der Waals surface area contributed by atoms with Gasteiger partial charge < -0.3 is 5.11 Å². The van der Waals surface area contributed by atoms with Crippen molar-refractivity contribution in [3.63, 3.8) is 0 Å². The predicted molar refractivity (Wildman–Crippen MR) is 56.1 cm³/mol. The molecular formula is C9H9NO5S. The zero-order valence-electron chi connectivity index (χ0n) is 8.07. The van der Waals surface area contributed by atoms with Crippen LogP contribution in [0, 0.1) is 0 Å². The molecule has 0 spiro atoms. The second-order valence-electron chi connectivity index (χ2n) is 3.20. The third-order valence-corrected chi connectivity index (χ3v) is 2.42. The van der Waals surface area contributed by atoms with Crippen molar-refractivity contribution in [1.29, 1.82) is 0 Å². The number of phenolic OH excluding ortho intramolecular Hbond substituents is 1. The number of allylic oxidation sites excluding steroid dienone is 1. The Morgan fingerprint density at radius 1 is 1.38 bits per heavy atom. The Morgan fingerprint density at radius 3 is 2.81 bits per heavy atom. The Hall–Kier alpha value is -1.57. The molecule has 2 rings (SSSR count). The van der Waals surface area contributed by atoms with Crippen molar-refractivity contribution in [2.75, 3.05) is 5.06 Å². The van der Waals surface area contributed by atoms with Crippen molar-refractivity contribution in [2.45, 2.75) is 6.42 Å². The number of benzene rings is 1. The van der Waals surface area contributed by atoms with E-state index in [9.17, 15) is 13.5 Å². The van der Waals surface area contributed by atoms with Crippen LogP contribution in [0.15, 0.2) is 30.5 Å². The highest BCUT2D eigenvalue weighted by Gasteiger charge is 2.21. The first kappa shape index (κ1) is 10.9. The molecular weight excluding hydrogens is 234 g/mol. The molecule has 0 atom stereocenters. The van der Waals surface area contributed by atoms with Crippen molar-refractivity contribution < 1.29 is 22.4 Å². The van der Waals surface area contributed by atoms with Crippen molar-refractivity contribution in [2.24, 2.45) is 0 Å². The van der Waals surface area contributed by atoms with Gasteiger partial charge in [-0.05, 0) is 18.1 Å². The van der Waals surface area contributed by atoms with E-state index in [0.717, 1.165) is 5.06 Å². The standard InChI is InChI=1S/C9H9NO5S/c11-8-5-1-3-7-4-2-6-10(9(7)8)15-16(12,13)14/h1-3,5-6,11H,4H2,(H,12,13,14). The molecule has 7 heteroatoms. The quantitative estimate of drug-likeness (QED) is 0.753. The average Bonchev–Trinajstić information content (AvgIpc) is 2.15. The van der Waals surface area contributed by atoms with E-state index in [1.54, 1.807) is 18.2 Å². The van der Waals surface area contributed by atoms with E-state index in [0.29, 0.717) is 12.0 Å². The number of para-hydroxylation sites is 1. The normalized spacial score (nSPS) is 14.9. The van der Waals surface area contributed by atoms with Crippen LogP contribution in [0.4, 0.5) is 5.69 Å². The number of hydrogen-bond donors (Lipinski definition) is 2. The van der Waals surface area contributed by atoms with Crippen LogP contribution in [0.2, 0.25) is 0 Å². The molecule has 1 heterocycles. The van der Waals surface area contributed by atoms with Gasteiger partial charge in [0.1, 0.15) is 11.4 Å². The van der Waals surface area contributed by atoms with Gasteiger partial charge in [0.25, 0.3) is 0 Å². The molecule has 1 aliphatic heterocycles. The van der Waals surface area contributed by atoms with Gasteiger partial charge in [0.05, 0.1) is 0 Å². The van der Waals surface area contributed by atoms with Gasteiger partial charge in [-0.25, -0.2) is 5.06 Å². The fraction of sp³-hybridized carbons (Fsp3) is 0.111. The molecule has 0 saturated heterocycles. The smallest absolute Gasteiger partial charge is 0.418 e. The van der Waals surface area contributed by atoms with E-state index >= 15 is 0 Å². The van der Waals surface area contributed by atoms with E-state index in [2.05, 4.69) is 4.28 Å². The number of hydroxylamine groups is 1. The van der Waals surface area contributed by atoms with E-state index in [-0.39, 0.29) is 11.4 Å². The molecule has 0 bridgehead atoms. The molecule has 1 aliphatic rings. The van der Waals surface area contributed by atoms with Crippen LogP contribution in [0.1, 0.15) is 5.56 Å². The third-order valence-electron chi connectivity index (χ3n) is 2.07. The number of hydrogen-bond acceptors (Lipinski definition) is 5. The Balaban J connectivity index is 2.44. The summed E-state index contributed by atoms with van der Waals surface area (Å²) >= 11 is 0. The third kappa shape index (κ3) is 2.16. The highest BCUT2D eigenvalue weighted by molar-refractivity contribution is 7.80. The summed E-state index contributed by atoms with van der Waals surface area (Å²) in [5.74, 6) is -0.120. The molecule has 0 fully saturated rings. The molecule has 0 saturated carbocycles. The van der Waals surface area contributed by atoms with Crippen LogP contribution in [-0.4, -0.2) is 18.1 Å². The molecule has 2 N–H and O–H groups in total. The summed E-state index contributed by atoms with van der Waals surface area (Å²) in [6.07, 6.45) is 3.51. The molecule has 1 aromatic carbocycles. The highest BCUT2D eigenvalue weighted by Crippen LogP contribution is 2.35. The molecule has 0 unspecified atom stereocenters. The summed E-state index contributed by atoms with van der Waals surface area (Å²) in [5, 5.41) is 10.4. The first-order chi connectivity index (χ1) is 7.47. The molecule has 86 valence electrons. The van der Waals surface area contributed by atoms with Gasteiger partial charge in [-0.15, -0.1) is 4.28 Å². The first-order valence-corrected chi connectivity index (χ1v) is 5.77. The number of rotatable bonds is 2. The summed E-state index contributed by atoms with van der Waals surface area (Å²) in [6, 6.07) is 4.76. The first-order valence-electron chi connectivity index (χ1n) is 4.41. The SMILES string of the molecule is O=S(=O)(O)ON1C=CCc2cccc(O)c21. The fourth-order valence-electron chi connectivity index (χ4n) is 1.51. The zero-order chi connectivity index (χ0) is 11.8. The molecule has 0 aliphatic carbocycles. The predicted octanol–water partition coefficient (Wildman–Crippen LogP) is 1.00. The topological polar surface area (TPSA) is 87.1 Å². The van der Waals surface area contributed by atoms with E-state index in [4.69, 9.17) is 4.55 Å². The Morgan fingerprint density at radius 2 is 2.12 bits per heavy atom. The van der Waals surface area contributed by atoms with Gasteiger partial charge in [0, 0.05) is 6.20 Å². The maximum absolute atomic E-state index is 10.6. The minimum absolute atomic E-state index is 0.120. The molecule has 16 heavy (non-hydrogen) atoms. The minimum Gasteiger partial charge on any atom is -0.506 e. The van der Waals surface area contributed by atoms with Crippen LogP contribution >= 0.6 is 0 Å². The number of phenols is 1. The second-order valence-corrected chi connectivity index (χ2v) is 4.21. The molecule has 1 aromatic rings. The molecule has 6 nitrogen and oxygen atoms in total. The van der Waals surface area contributed by atoms with Crippen LogP contribution in [0.5, 0.6) is 5.75 Å². The molecule has 0 radical (unpaired) electrons. The lowest BCUT2D eigenvalue weighted by Crippen LogP contribution is -2.24. The maximum Gasteiger partial charge on any atom is 0.418 e. The Bertz CT molecular complexity index is 537. The van der Waals surface area contributed by atoms with Gasteiger partial charge in [-0.2, -0.15) is 8.42 Å². The van der Waals surface area contributed by atoms with Crippen molar-refractivity contribution >= 4 is 16.1 Å². The maximum atomic E-state index is 10.6. The van der Waals surface area contributed by atoms with Gasteiger partial charge >= 0.3 is 10.4 Å². The van der Waals surface area contributed by atoms with Gasteiger partial charge in [0.15, 0.2) is 0 Å². The van der Waals surface area contributed by atoms with Crippen molar-refractivity contribution in [1.82, 2.24) is 0 Å². The average molecular weight is 243 g/mol. The number of aromatic hydroxyl groups is 1. The van der Waals surface area contributed by atoms with Gasteiger partial charge in [-0.1, -0.05) is 18.2 Å². The Labute approximate surface area is 92.3 Å². The highest BCUT2D eigenvalue weighted by atomic mass is 32.3. The summed E-state index contributed by atoms with van der Waals surface area (Å²) in [4.78, 5) is 0. The van der Waals surface area contributed by atoms with Crippen LogP contribution in [-0.2, 0) is 21.1 Å². The number of fused-ring (bicyclic) bond motifs is 1. The van der Waals surface area contributed by atoms with Gasteiger partial charge in [0.2, 0.25) is 0 Å². The lowest BCUT2D eigenvalue weighted by molar-refractivity contribution is 0.265. The van der Waals surface area contributed by atoms with E-state index in [1.165, 1.54) is 12.3 Å². The monoisotopic (exact) mass is 243 g/mol. The van der Waals surface area contributed by atoms with Crippen LogP contribution in [0.3, 0.4) is 0 Å². The van der Waals surface area contributed by atoms with Crippen molar-refractivity contribution in [3.05, 3.63) is 36.0 Å².